The molecule has 24 heavy (non-hydrogen) atoms. The van der Waals surface area contributed by atoms with Crippen LogP contribution in [-0.4, -0.2) is 61.2 Å². The summed E-state index contributed by atoms with van der Waals surface area (Å²) in [6, 6.07) is 0. The van der Waals surface area contributed by atoms with Gasteiger partial charge in [-0.3, -0.25) is 4.55 Å². The van der Waals surface area contributed by atoms with E-state index in [2.05, 4.69) is 11.1 Å². The maximum atomic E-state index is 11.6. The maximum absolute atomic E-state index is 11.6. The van der Waals surface area contributed by atoms with Crippen molar-refractivity contribution < 1.29 is 26.7 Å². The van der Waals surface area contributed by atoms with Crippen molar-refractivity contribution in [1.82, 2.24) is 0 Å². The predicted molar refractivity (Wildman–Crippen MR) is 96.7 cm³/mol. The van der Waals surface area contributed by atoms with E-state index in [0.29, 0.717) is 0 Å². The number of hydrogen-bond donors (Lipinski definition) is 1. The van der Waals surface area contributed by atoms with Crippen molar-refractivity contribution >= 4 is 45.9 Å². The fraction of sp³-hybridized carbons (Fsp3) is 0.938. The summed E-state index contributed by atoms with van der Waals surface area (Å²) in [4.78, 5) is 11.6. The zero-order chi connectivity index (χ0) is 17.6. The fourth-order valence-electron chi connectivity index (χ4n) is 2.28. The van der Waals surface area contributed by atoms with Crippen LogP contribution in [0.3, 0.4) is 0 Å². The summed E-state index contributed by atoms with van der Waals surface area (Å²) in [5.74, 6) is -0.749. The van der Waals surface area contributed by atoms with Crippen LogP contribution in [0.5, 0.6) is 0 Å². The van der Waals surface area contributed by atoms with E-state index in [1.807, 2.05) is 0 Å². The van der Waals surface area contributed by atoms with Gasteiger partial charge in [-0.15, -0.1) is 0 Å². The number of ether oxygens (including phenoxy) is 1. The third-order valence-corrected chi connectivity index (χ3v) is 4.09. The molecule has 0 fully saturated rings. The quantitative estimate of drug-likeness (QED) is 0.204. The van der Waals surface area contributed by atoms with E-state index in [4.69, 9.17) is 9.29 Å². The van der Waals surface area contributed by atoms with E-state index < -0.39 is 22.5 Å². The first-order valence-electron chi connectivity index (χ1n) is 8.73. The number of hydrogen-bond acceptors (Lipinski definition) is 5. The van der Waals surface area contributed by atoms with Gasteiger partial charge in [0.2, 0.25) is 0 Å². The Bertz CT molecular complexity index is 399. The van der Waals surface area contributed by atoms with Gasteiger partial charge in [-0.05, 0) is 12.8 Å². The molecule has 0 radical (unpaired) electrons. The molecule has 6 nitrogen and oxygen atoms in total. The Labute approximate surface area is 169 Å². The molecule has 0 aromatic rings. The molecule has 0 aromatic carbocycles. The second-order valence-corrected chi connectivity index (χ2v) is 6.82. The Balaban J connectivity index is 0. The van der Waals surface area contributed by atoms with Crippen molar-refractivity contribution in [2.45, 2.75) is 90.6 Å². The summed E-state index contributed by atoms with van der Waals surface area (Å²) in [5.41, 5.74) is 0. The summed E-state index contributed by atoms with van der Waals surface area (Å²) >= 11 is 0. The summed E-state index contributed by atoms with van der Waals surface area (Å²) in [5, 5.41) is 0. The van der Waals surface area contributed by atoms with Crippen molar-refractivity contribution in [3.8, 4) is 0 Å². The molecule has 0 spiro atoms. The van der Waals surface area contributed by atoms with E-state index in [1.165, 1.54) is 44.9 Å². The average Bonchev–Trinajstić information content (AvgIpc) is 2.49. The van der Waals surface area contributed by atoms with Gasteiger partial charge in [0.25, 0.3) is 0 Å². The van der Waals surface area contributed by atoms with Crippen LogP contribution in [0.4, 0.5) is 0 Å². The molecule has 0 aliphatic carbocycles. The molecule has 1 atom stereocenters. The Hall–Kier alpha value is 0.340. The van der Waals surface area contributed by atoms with Gasteiger partial charge in [-0.25, -0.2) is 8.98 Å². The molecule has 1 unspecified atom stereocenters. The molecule has 1 N–H and O–H groups in total. The van der Waals surface area contributed by atoms with Gasteiger partial charge in [0, 0.05) is 0 Å². The molecule has 0 saturated carbocycles. The van der Waals surface area contributed by atoms with Gasteiger partial charge in [0.15, 0.2) is 6.10 Å². The van der Waals surface area contributed by atoms with Gasteiger partial charge < -0.3 is 4.74 Å². The van der Waals surface area contributed by atoms with E-state index in [9.17, 15) is 13.2 Å². The van der Waals surface area contributed by atoms with Crippen LogP contribution in [0.15, 0.2) is 0 Å². The normalized spacial score (nSPS) is 12.5. The first-order valence-corrected chi connectivity index (χ1v) is 10.1. The number of carbonyl (C=O) groups is 1. The van der Waals surface area contributed by atoms with Crippen LogP contribution in [0, 0.1) is 0 Å². The standard InChI is InChI=1S/C16H32O6S.Na.H/c1-3-5-6-7-8-9-10-11-12-13-14-21-16(17)15(4-2)22-23(18,19)20;;/h15H,3-14H2,1-2H3,(H,18,19,20);;. The third-order valence-electron chi connectivity index (χ3n) is 3.61. The van der Waals surface area contributed by atoms with E-state index in [-0.39, 0.29) is 42.6 Å². The summed E-state index contributed by atoms with van der Waals surface area (Å²) in [7, 11) is -4.64. The van der Waals surface area contributed by atoms with Crippen LogP contribution >= 0.6 is 0 Å². The van der Waals surface area contributed by atoms with Gasteiger partial charge >= 0.3 is 45.9 Å². The van der Waals surface area contributed by atoms with Gasteiger partial charge in [0.1, 0.15) is 0 Å². The molecule has 8 heteroatoms. The van der Waals surface area contributed by atoms with Crippen LogP contribution in [-0.2, 0) is 24.1 Å². The SMILES string of the molecule is CCCCCCCCCCCCOC(=O)C(CC)OS(=O)(=O)O.[NaH]. The summed E-state index contributed by atoms with van der Waals surface area (Å²) in [6.45, 7) is 4.04. The number of carbonyl (C=O) groups excluding carboxylic acids is 1. The molecule has 0 aromatic heterocycles. The van der Waals surface area contributed by atoms with Crippen LogP contribution < -0.4 is 0 Å². The fourth-order valence-corrected chi connectivity index (χ4v) is 2.78. The topological polar surface area (TPSA) is 89.9 Å². The minimum absolute atomic E-state index is 0. The number of esters is 1. The second kappa shape index (κ2) is 16.8. The molecule has 0 heterocycles. The van der Waals surface area contributed by atoms with E-state index in [0.717, 1.165) is 19.3 Å². The monoisotopic (exact) mass is 376 g/mol. The molecule has 0 aliphatic heterocycles. The van der Waals surface area contributed by atoms with Crippen molar-refractivity contribution in [3.05, 3.63) is 0 Å². The van der Waals surface area contributed by atoms with E-state index >= 15 is 0 Å². The van der Waals surface area contributed by atoms with Crippen molar-refractivity contribution in [1.29, 1.82) is 0 Å². The Morgan fingerprint density at radius 2 is 1.38 bits per heavy atom. The zero-order valence-electron chi connectivity index (χ0n) is 14.5. The first kappa shape index (κ1) is 26.6. The van der Waals surface area contributed by atoms with Gasteiger partial charge in [-0.1, -0.05) is 71.6 Å². The molecule has 0 amide bonds. The second-order valence-electron chi connectivity index (χ2n) is 5.77. The molecular weight excluding hydrogens is 343 g/mol. The first-order chi connectivity index (χ1) is 10.9. The zero-order valence-corrected chi connectivity index (χ0v) is 15.3. The third kappa shape index (κ3) is 17.2. The predicted octanol–water partition coefficient (Wildman–Crippen LogP) is 3.40. The number of unbranched alkanes of at least 4 members (excludes halogenated alkanes) is 9. The van der Waals surface area contributed by atoms with E-state index in [1.54, 1.807) is 6.92 Å². The molecule has 140 valence electrons. The molecular formula is C16H33NaO6S. The van der Waals surface area contributed by atoms with Crippen LogP contribution in [0.25, 0.3) is 0 Å². The van der Waals surface area contributed by atoms with Crippen molar-refractivity contribution in [3.63, 3.8) is 0 Å². The Kier molecular flexibility index (Phi) is 18.6. The molecule has 0 saturated heterocycles. The Morgan fingerprint density at radius 3 is 1.79 bits per heavy atom. The Morgan fingerprint density at radius 1 is 0.917 bits per heavy atom. The van der Waals surface area contributed by atoms with Gasteiger partial charge in [0.05, 0.1) is 6.61 Å². The number of rotatable bonds is 15. The van der Waals surface area contributed by atoms with Crippen LogP contribution in [0.1, 0.15) is 84.5 Å². The molecule has 0 bridgehead atoms. The van der Waals surface area contributed by atoms with Gasteiger partial charge in [-0.2, -0.15) is 8.42 Å². The molecule has 0 rings (SSSR count). The van der Waals surface area contributed by atoms with Crippen LogP contribution in [0.2, 0.25) is 0 Å². The summed E-state index contributed by atoms with van der Waals surface area (Å²) in [6.07, 6.45) is 10.7. The molecule has 0 aliphatic rings. The van der Waals surface area contributed by atoms with Crippen molar-refractivity contribution in [2.75, 3.05) is 6.61 Å². The van der Waals surface area contributed by atoms with Crippen molar-refractivity contribution in [2.24, 2.45) is 0 Å². The average molecular weight is 376 g/mol. The summed E-state index contributed by atoms with van der Waals surface area (Å²) < 4.78 is 39.0. The minimum atomic E-state index is -4.64.